The van der Waals surface area contributed by atoms with Gasteiger partial charge >= 0.3 is 0 Å². The summed E-state index contributed by atoms with van der Waals surface area (Å²) in [5.41, 5.74) is 1.58. The van der Waals surface area contributed by atoms with Crippen LogP contribution in [-0.4, -0.2) is 23.6 Å². The molecule has 0 unspecified atom stereocenters. The minimum absolute atomic E-state index is 0.128. The summed E-state index contributed by atoms with van der Waals surface area (Å²) in [7, 11) is 1.60. The molecule has 1 fully saturated rings. The number of anilines is 1. The Morgan fingerprint density at radius 3 is 2.73 bits per heavy atom. The molecule has 1 aliphatic heterocycles. The monoisotopic (exact) mass is 529 g/mol. The van der Waals surface area contributed by atoms with Crippen molar-refractivity contribution in [3.05, 3.63) is 55.8 Å². The molecule has 3 rings (SSSR count). The number of methoxy groups -OCH3 is 1. The summed E-state index contributed by atoms with van der Waals surface area (Å²) >= 11 is 15.3. The SMILES string of the molecule is COc1c(Br)cc(Br)cc1/C=C1/SC(=S)N(c2cccc(SC)c2)C1=O. The topological polar surface area (TPSA) is 29.5 Å². The number of rotatable bonds is 4. The standard InChI is InChI=1S/C18H13Br2NO2S3/c1-23-16-10(6-11(19)8-14(16)20)7-15-17(22)21(18(24)26-15)12-4-3-5-13(9-12)25-2/h3-9H,1-2H3/b15-7+. The van der Waals surface area contributed by atoms with Gasteiger partial charge in [0, 0.05) is 14.9 Å². The van der Waals surface area contributed by atoms with Crippen LogP contribution in [0.15, 0.2) is 55.1 Å². The van der Waals surface area contributed by atoms with Crippen molar-refractivity contribution in [2.75, 3.05) is 18.3 Å². The highest BCUT2D eigenvalue weighted by atomic mass is 79.9. The summed E-state index contributed by atoms with van der Waals surface area (Å²) in [6.45, 7) is 0. The summed E-state index contributed by atoms with van der Waals surface area (Å²) < 4.78 is 7.68. The van der Waals surface area contributed by atoms with Crippen molar-refractivity contribution in [1.29, 1.82) is 0 Å². The molecule has 0 spiro atoms. The van der Waals surface area contributed by atoms with E-state index in [0.29, 0.717) is 15.0 Å². The lowest BCUT2D eigenvalue weighted by molar-refractivity contribution is -0.113. The molecule has 0 N–H and O–H groups in total. The first kappa shape index (κ1) is 19.9. The third kappa shape index (κ3) is 4.04. The van der Waals surface area contributed by atoms with Crippen molar-refractivity contribution in [3.63, 3.8) is 0 Å². The van der Waals surface area contributed by atoms with Crippen molar-refractivity contribution in [1.82, 2.24) is 0 Å². The number of nitrogens with zero attached hydrogens (tertiary/aromatic N) is 1. The van der Waals surface area contributed by atoms with Gasteiger partial charge in [0.1, 0.15) is 5.75 Å². The van der Waals surface area contributed by atoms with E-state index in [1.807, 2.05) is 48.7 Å². The zero-order chi connectivity index (χ0) is 18.8. The van der Waals surface area contributed by atoms with Gasteiger partial charge in [0.2, 0.25) is 0 Å². The van der Waals surface area contributed by atoms with Crippen LogP contribution in [0.25, 0.3) is 6.08 Å². The summed E-state index contributed by atoms with van der Waals surface area (Å²) in [5.74, 6) is 0.541. The van der Waals surface area contributed by atoms with E-state index < -0.39 is 0 Å². The Kier molecular flexibility index (Phi) is 6.50. The smallest absolute Gasteiger partial charge is 0.270 e. The first-order valence-corrected chi connectivity index (χ1v) is 11.4. The van der Waals surface area contributed by atoms with Crippen LogP contribution >= 0.6 is 67.6 Å². The lowest BCUT2D eigenvalue weighted by Gasteiger charge is -2.15. The predicted octanol–water partition coefficient (Wildman–Crippen LogP) is 6.35. The summed E-state index contributed by atoms with van der Waals surface area (Å²) in [5, 5.41) is 0. The van der Waals surface area contributed by atoms with Gasteiger partial charge in [-0.15, -0.1) is 11.8 Å². The Labute approximate surface area is 182 Å². The molecule has 1 amide bonds. The van der Waals surface area contributed by atoms with Crippen LogP contribution in [0.3, 0.4) is 0 Å². The highest BCUT2D eigenvalue weighted by molar-refractivity contribution is 9.11. The maximum atomic E-state index is 13.0. The fraction of sp³-hybridized carbons (Fsp3) is 0.111. The minimum Gasteiger partial charge on any atom is -0.495 e. The Morgan fingerprint density at radius 2 is 2.04 bits per heavy atom. The molecular weight excluding hydrogens is 518 g/mol. The van der Waals surface area contributed by atoms with E-state index in [1.165, 1.54) is 11.8 Å². The van der Waals surface area contributed by atoms with Crippen LogP contribution < -0.4 is 9.64 Å². The second-order valence-electron chi connectivity index (χ2n) is 5.23. The molecular formula is C18H13Br2NO2S3. The van der Waals surface area contributed by atoms with E-state index in [-0.39, 0.29) is 5.91 Å². The van der Waals surface area contributed by atoms with E-state index >= 15 is 0 Å². The lowest BCUT2D eigenvalue weighted by Crippen LogP contribution is -2.27. The first-order valence-electron chi connectivity index (χ1n) is 7.39. The molecule has 8 heteroatoms. The summed E-state index contributed by atoms with van der Waals surface area (Å²) in [6.07, 6.45) is 3.81. The van der Waals surface area contributed by atoms with Gasteiger partial charge in [0.25, 0.3) is 5.91 Å². The number of thiocarbonyl (C=S) groups is 1. The van der Waals surface area contributed by atoms with Gasteiger partial charge < -0.3 is 4.74 Å². The zero-order valence-corrected chi connectivity index (χ0v) is 19.4. The van der Waals surface area contributed by atoms with Gasteiger partial charge in [-0.05, 0) is 58.6 Å². The fourth-order valence-corrected chi connectivity index (χ4v) is 5.65. The van der Waals surface area contributed by atoms with E-state index in [0.717, 1.165) is 25.1 Å². The Balaban J connectivity index is 2.00. The molecule has 1 heterocycles. The molecule has 0 atom stereocenters. The number of amides is 1. The molecule has 134 valence electrons. The second-order valence-corrected chi connectivity index (χ2v) is 9.55. The number of carbonyl (C=O) groups excluding carboxylic acids is 1. The number of hydrogen-bond donors (Lipinski definition) is 0. The molecule has 0 saturated carbocycles. The quantitative estimate of drug-likeness (QED) is 0.261. The Hall–Kier alpha value is -0.800. The highest BCUT2D eigenvalue weighted by Gasteiger charge is 2.33. The average molecular weight is 531 g/mol. The van der Waals surface area contributed by atoms with E-state index in [4.69, 9.17) is 17.0 Å². The van der Waals surface area contributed by atoms with Gasteiger partial charge in [-0.25, -0.2) is 0 Å². The zero-order valence-electron chi connectivity index (χ0n) is 13.8. The van der Waals surface area contributed by atoms with Crippen molar-refractivity contribution in [3.8, 4) is 5.75 Å². The molecule has 0 aromatic heterocycles. The van der Waals surface area contributed by atoms with Gasteiger partial charge in [-0.2, -0.15) is 0 Å². The second kappa shape index (κ2) is 8.48. The van der Waals surface area contributed by atoms with Gasteiger partial charge in [0.05, 0.1) is 22.2 Å². The number of benzene rings is 2. The predicted molar refractivity (Wildman–Crippen MR) is 122 cm³/mol. The van der Waals surface area contributed by atoms with Crippen molar-refractivity contribution in [2.45, 2.75) is 4.90 Å². The number of halogens is 2. The number of carbonyl (C=O) groups is 1. The molecule has 1 saturated heterocycles. The van der Waals surface area contributed by atoms with Crippen LogP contribution in [0.5, 0.6) is 5.75 Å². The number of ether oxygens (including phenoxy) is 1. The largest absolute Gasteiger partial charge is 0.495 e. The molecule has 26 heavy (non-hydrogen) atoms. The molecule has 2 aromatic rings. The van der Waals surface area contributed by atoms with Gasteiger partial charge in [-0.3, -0.25) is 9.69 Å². The van der Waals surface area contributed by atoms with Crippen LogP contribution in [0.2, 0.25) is 0 Å². The maximum Gasteiger partial charge on any atom is 0.270 e. The third-order valence-electron chi connectivity index (χ3n) is 3.63. The van der Waals surface area contributed by atoms with Crippen molar-refractivity contribution >= 4 is 89.6 Å². The van der Waals surface area contributed by atoms with Crippen LogP contribution in [0.4, 0.5) is 5.69 Å². The number of thioether (sulfide) groups is 2. The average Bonchev–Trinajstić information content (AvgIpc) is 2.88. The third-order valence-corrected chi connectivity index (χ3v) is 6.71. The fourth-order valence-electron chi connectivity index (χ4n) is 2.48. The Bertz CT molecular complexity index is 931. The molecule has 1 aliphatic rings. The molecule has 0 bridgehead atoms. The summed E-state index contributed by atoms with van der Waals surface area (Å²) in [6, 6.07) is 11.6. The minimum atomic E-state index is -0.128. The van der Waals surface area contributed by atoms with E-state index in [9.17, 15) is 4.79 Å². The highest BCUT2D eigenvalue weighted by Crippen LogP contribution is 2.40. The van der Waals surface area contributed by atoms with Crippen molar-refractivity contribution < 1.29 is 9.53 Å². The molecule has 0 radical (unpaired) electrons. The molecule has 2 aromatic carbocycles. The van der Waals surface area contributed by atoms with Crippen LogP contribution in [-0.2, 0) is 4.79 Å². The van der Waals surface area contributed by atoms with Crippen LogP contribution in [0.1, 0.15) is 5.56 Å². The number of hydrogen-bond acceptors (Lipinski definition) is 5. The van der Waals surface area contributed by atoms with Gasteiger partial charge in [-0.1, -0.05) is 46.0 Å². The summed E-state index contributed by atoms with van der Waals surface area (Å²) in [4.78, 5) is 16.2. The Morgan fingerprint density at radius 1 is 1.27 bits per heavy atom. The van der Waals surface area contributed by atoms with E-state index in [1.54, 1.807) is 23.8 Å². The first-order chi connectivity index (χ1) is 12.4. The van der Waals surface area contributed by atoms with Crippen molar-refractivity contribution in [2.24, 2.45) is 0 Å². The van der Waals surface area contributed by atoms with Gasteiger partial charge in [0.15, 0.2) is 4.32 Å². The van der Waals surface area contributed by atoms with E-state index in [2.05, 4.69) is 31.9 Å². The lowest BCUT2D eigenvalue weighted by atomic mass is 10.2. The normalized spacial score (nSPS) is 15.8. The molecule has 0 aliphatic carbocycles. The maximum absolute atomic E-state index is 13.0. The van der Waals surface area contributed by atoms with Crippen LogP contribution in [0, 0.1) is 0 Å². The molecule has 3 nitrogen and oxygen atoms in total.